The van der Waals surface area contributed by atoms with E-state index in [2.05, 4.69) is 71.0 Å². The summed E-state index contributed by atoms with van der Waals surface area (Å²) in [6, 6.07) is 18.7. The van der Waals surface area contributed by atoms with Crippen LogP contribution in [0.1, 0.15) is 51.8 Å². The highest BCUT2D eigenvalue weighted by Crippen LogP contribution is 2.58. The van der Waals surface area contributed by atoms with Gasteiger partial charge in [0.25, 0.3) is 0 Å². The molecule has 0 radical (unpaired) electrons. The van der Waals surface area contributed by atoms with Crippen LogP contribution in [0.25, 0.3) is 5.76 Å². The van der Waals surface area contributed by atoms with Crippen molar-refractivity contribution in [2.75, 3.05) is 7.11 Å². The van der Waals surface area contributed by atoms with Crippen LogP contribution in [0.4, 0.5) is 0 Å². The van der Waals surface area contributed by atoms with Gasteiger partial charge in [0.15, 0.2) is 0 Å². The molecule has 0 aliphatic carbocycles. The molecule has 0 bridgehead atoms. The van der Waals surface area contributed by atoms with Gasteiger partial charge in [-0.3, -0.25) is 0 Å². The van der Waals surface area contributed by atoms with Crippen LogP contribution >= 0.6 is 0 Å². The van der Waals surface area contributed by atoms with E-state index in [9.17, 15) is 0 Å². The Morgan fingerprint density at radius 2 is 1.64 bits per heavy atom. The van der Waals surface area contributed by atoms with Gasteiger partial charge in [0.1, 0.15) is 17.6 Å². The Kier molecular flexibility index (Phi) is 4.40. The van der Waals surface area contributed by atoms with Gasteiger partial charge in [-0.2, -0.15) is 0 Å². The maximum Gasteiger partial charge on any atom is 0.133 e. The van der Waals surface area contributed by atoms with Gasteiger partial charge in [0.2, 0.25) is 0 Å². The Balaban J connectivity index is 2.15. The molecule has 1 heterocycles. The number of methoxy groups -OCH3 is 1. The second kappa shape index (κ2) is 6.25. The van der Waals surface area contributed by atoms with Crippen molar-refractivity contribution in [2.24, 2.45) is 10.8 Å². The number of ether oxygens (including phenoxy) is 2. The van der Waals surface area contributed by atoms with Crippen LogP contribution in [0.15, 0.2) is 60.2 Å². The molecule has 132 valence electrons. The summed E-state index contributed by atoms with van der Waals surface area (Å²) < 4.78 is 12.0. The van der Waals surface area contributed by atoms with E-state index in [0.29, 0.717) is 0 Å². The lowest BCUT2D eigenvalue weighted by atomic mass is 9.67. The first-order valence-electron chi connectivity index (χ1n) is 8.86. The molecule has 0 N–H and O–H groups in total. The third-order valence-electron chi connectivity index (χ3n) is 4.95. The number of benzene rings is 2. The highest BCUT2D eigenvalue weighted by atomic mass is 16.5. The summed E-state index contributed by atoms with van der Waals surface area (Å²) in [5, 5.41) is 0. The van der Waals surface area contributed by atoms with Crippen molar-refractivity contribution in [2.45, 2.75) is 40.7 Å². The number of hydrogen-bond donors (Lipinski definition) is 0. The van der Waals surface area contributed by atoms with Crippen molar-refractivity contribution in [3.8, 4) is 5.75 Å². The quantitative estimate of drug-likeness (QED) is 0.659. The molecule has 1 aliphatic rings. The summed E-state index contributed by atoms with van der Waals surface area (Å²) in [5.41, 5.74) is 3.55. The predicted molar refractivity (Wildman–Crippen MR) is 103 cm³/mol. The molecular formula is C23H28O2. The van der Waals surface area contributed by atoms with Gasteiger partial charge in [-0.05, 0) is 28.7 Å². The molecule has 0 fully saturated rings. The maximum absolute atomic E-state index is 6.61. The fourth-order valence-corrected chi connectivity index (χ4v) is 4.14. The topological polar surface area (TPSA) is 18.5 Å². The molecule has 3 rings (SSSR count). The van der Waals surface area contributed by atoms with Crippen molar-refractivity contribution in [3.63, 3.8) is 0 Å². The van der Waals surface area contributed by atoms with Crippen molar-refractivity contribution >= 4 is 5.76 Å². The smallest absolute Gasteiger partial charge is 0.133 e. The third kappa shape index (κ3) is 3.18. The van der Waals surface area contributed by atoms with Crippen LogP contribution in [0.2, 0.25) is 0 Å². The summed E-state index contributed by atoms with van der Waals surface area (Å²) in [7, 11) is 1.70. The van der Waals surface area contributed by atoms with Crippen LogP contribution in [0, 0.1) is 10.8 Å². The lowest BCUT2D eigenvalue weighted by Gasteiger charge is -2.34. The monoisotopic (exact) mass is 336 g/mol. The second-order valence-electron chi connectivity index (χ2n) is 8.32. The summed E-state index contributed by atoms with van der Waals surface area (Å²) in [6.07, 6.45) is 0.00382. The Bertz CT molecular complexity index is 779. The Morgan fingerprint density at radius 1 is 0.960 bits per heavy atom. The minimum atomic E-state index is -0.0992. The Labute approximate surface area is 151 Å². The summed E-state index contributed by atoms with van der Waals surface area (Å²) in [6.45, 7) is 11.4. The molecule has 0 saturated heterocycles. The van der Waals surface area contributed by atoms with Gasteiger partial charge >= 0.3 is 0 Å². The SMILES string of the molecule is COc1cccc(C2=C(C(C)(C)C)C(C)(C)C(c3ccccc3)O2)c1. The van der Waals surface area contributed by atoms with Gasteiger partial charge in [0, 0.05) is 11.0 Å². The van der Waals surface area contributed by atoms with Crippen molar-refractivity contribution in [1.29, 1.82) is 0 Å². The normalized spacial score (nSPS) is 19.7. The highest BCUT2D eigenvalue weighted by molar-refractivity contribution is 5.69. The molecule has 0 spiro atoms. The highest BCUT2D eigenvalue weighted by Gasteiger charge is 2.48. The molecule has 0 aromatic heterocycles. The molecule has 1 atom stereocenters. The van der Waals surface area contributed by atoms with E-state index in [1.54, 1.807) is 7.11 Å². The largest absolute Gasteiger partial charge is 0.497 e. The first kappa shape index (κ1) is 17.6. The Hall–Kier alpha value is -2.22. The van der Waals surface area contributed by atoms with Crippen LogP contribution in [0.5, 0.6) is 5.75 Å². The fourth-order valence-electron chi connectivity index (χ4n) is 4.14. The zero-order valence-electron chi connectivity index (χ0n) is 16.1. The van der Waals surface area contributed by atoms with E-state index in [1.165, 1.54) is 11.1 Å². The lowest BCUT2D eigenvalue weighted by molar-refractivity contribution is 0.100. The van der Waals surface area contributed by atoms with Crippen LogP contribution in [-0.2, 0) is 4.74 Å². The van der Waals surface area contributed by atoms with Gasteiger partial charge in [-0.25, -0.2) is 0 Å². The zero-order valence-corrected chi connectivity index (χ0v) is 16.1. The standard InChI is InChI=1S/C23H28O2/c1-22(2,3)20-19(17-13-10-14-18(15-17)24-6)25-21(23(20,4)5)16-11-8-7-9-12-16/h7-15,21H,1-6H3. The molecule has 1 unspecified atom stereocenters. The number of rotatable bonds is 3. The van der Waals surface area contributed by atoms with Crippen molar-refractivity contribution in [3.05, 3.63) is 71.3 Å². The van der Waals surface area contributed by atoms with Crippen molar-refractivity contribution in [1.82, 2.24) is 0 Å². The summed E-state index contributed by atoms with van der Waals surface area (Å²) in [4.78, 5) is 0. The molecule has 2 aromatic rings. The molecule has 0 amide bonds. The third-order valence-corrected chi connectivity index (χ3v) is 4.95. The van der Waals surface area contributed by atoms with E-state index < -0.39 is 0 Å². The van der Waals surface area contributed by atoms with E-state index in [1.807, 2.05) is 18.2 Å². The Morgan fingerprint density at radius 3 is 2.24 bits per heavy atom. The summed E-state index contributed by atoms with van der Waals surface area (Å²) >= 11 is 0. The molecule has 2 aromatic carbocycles. The van der Waals surface area contributed by atoms with Crippen LogP contribution in [0.3, 0.4) is 0 Å². The lowest BCUT2D eigenvalue weighted by Crippen LogP contribution is -2.27. The molecule has 2 nitrogen and oxygen atoms in total. The molecule has 25 heavy (non-hydrogen) atoms. The molecular weight excluding hydrogens is 308 g/mol. The molecule has 1 aliphatic heterocycles. The van der Waals surface area contributed by atoms with Crippen molar-refractivity contribution < 1.29 is 9.47 Å². The zero-order chi connectivity index (χ0) is 18.2. The molecule has 2 heteroatoms. The molecule has 0 saturated carbocycles. The van der Waals surface area contributed by atoms with E-state index in [-0.39, 0.29) is 16.9 Å². The van der Waals surface area contributed by atoms with Gasteiger partial charge < -0.3 is 9.47 Å². The fraction of sp³-hybridized carbons (Fsp3) is 0.391. The van der Waals surface area contributed by atoms with Gasteiger partial charge in [0.05, 0.1) is 7.11 Å². The second-order valence-corrected chi connectivity index (χ2v) is 8.32. The maximum atomic E-state index is 6.61. The van der Waals surface area contributed by atoms with Crippen LogP contribution in [-0.4, -0.2) is 7.11 Å². The minimum Gasteiger partial charge on any atom is -0.497 e. The van der Waals surface area contributed by atoms with Gasteiger partial charge in [-0.15, -0.1) is 0 Å². The number of hydrogen-bond acceptors (Lipinski definition) is 2. The van der Waals surface area contributed by atoms with E-state index in [4.69, 9.17) is 9.47 Å². The minimum absolute atomic E-state index is 0.00382. The first-order chi connectivity index (χ1) is 11.7. The van der Waals surface area contributed by atoms with Crippen LogP contribution < -0.4 is 4.74 Å². The average molecular weight is 336 g/mol. The summed E-state index contributed by atoms with van der Waals surface area (Å²) in [5.74, 6) is 1.84. The predicted octanol–water partition coefficient (Wildman–Crippen LogP) is 6.25. The average Bonchev–Trinajstić information content (AvgIpc) is 2.87. The van der Waals surface area contributed by atoms with Gasteiger partial charge in [-0.1, -0.05) is 77.1 Å². The van der Waals surface area contributed by atoms with E-state index in [0.717, 1.165) is 17.1 Å². The first-order valence-corrected chi connectivity index (χ1v) is 8.86. The van der Waals surface area contributed by atoms with E-state index >= 15 is 0 Å².